The van der Waals surface area contributed by atoms with Gasteiger partial charge in [0, 0.05) is 26.8 Å². The summed E-state index contributed by atoms with van der Waals surface area (Å²) in [5.74, 6) is 2.60. The van der Waals surface area contributed by atoms with E-state index in [2.05, 4.69) is 30.8 Å². The Morgan fingerprint density at radius 3 is 3.09 bits per heavy atom. The van der Waals surface area contributed by atoms with Crippen molar-refractivity contribution in [2.24, 2.45) is 4.99 Å². The smallest absolute Gasteiger partial charge is 0.216 e. The quantitative estimate of drug-likeness (QED) is 0.384. The van der Waals surface area contributed by atoms with Crippen molar-refractivity contribution in [1.82, 2.24) is 25.8 Å². The molecule has 0 aromatic carbocycles. The van der Waals surface area contributed by atoms with E-state index in [0.29, 0.717) is 24.0 Å². The highest BCUT2D eigenvalue weighted by molar-refractivity contribution is 5.79. The maximum Gasteiger partial charge on any atom is 0.216 e. The molecule has 120 valence electrons. The van der Waals surface area contributed by atoms with Crippen LogP contribution in [0.5, 0.6) is 0 Å². The summed E-state index contributed by atoms with van der Waals surface area (Å²) in [6, 6.07) is 3.62. The lowest BCUT2D eigenvalue weighted by molar-refractivity contribution is 0.195. The summed E-state index contributed by atoms with van der Waals surface area (Å²) >= 11 is 0. The van der Waals surface area contributed by atoms with Gasteiger partial charge in [-0.15, -0.1) is 5.10 Å². The highest BCUT2D eigenvalue weighted by Crippen LogP contribution is 2.14. The first-order valence-corrected chi connectivity index (χ1v) is 7.29. The zero-order valence-corrected chi connectivity index (χ0v) is 12.9. The zero-order chi connectivity index (χ0) is 15.6. The number of aliphatic imine (C=N–C) groups is 1. The minimum atomic E-state index is 0.410. The van der Waals surface area contributed by atoms with Crippen molar-refractivity contribution in [2.45, 2.75) is 19.9 Å². The van der Waals surface area contributed by atoms with Gasteiger partial charge >= 0.3 is 0 Å². The average molecular weight is 306 g/mol. The number of furan rings is 1. The van der Waals surface area contributed by atoms with Gasteiger partial charge < -0.3 is 19.8 Å². The van der Waals surface area contributed by atoms with Crippen LogP contribution in [0.4, 0.5) is 0 Å². The van der Waals surface area contributed by atoms with Crippen LogP contribution in [0.2, 0.25) is 0 Å². The van der Waals surface area contributed by atoms with Crippen molar-refractivity contribution in [3.8, 4) is 11.6 Å². The van der Waals surface area contributed by atoms with E-state index in [1.54, 1.807) is 19.4 Å². The Bertz CT molecular complexity index is 564. The molecule has 0 saturated heterocycles. The predicted octanol–water partition coefficient (Wildman–Crippen LogP) is 1.16. The second-order valence-corrected chi connectivity index (χ2v) is 4.55. The Morgan fingerprint density at radius 1 is 1.45 bits per heavy atom. The molecule has 0 fully saturated rings. The minimum absolute atomic E-state index is 0.410. The standard InChI is InChI=1S/C14H22N6O2/c1-3-15-14(16-7-5-8-21-2)17-10-12-18-13(20-19-12)11-6-4-9-22-11/h4,6,9H,3,5,7-8,10H2,1-2H3,(H2,15,16,17)(H,18,19,20). The maximum atomic E-state index is 5.26. The van der Waals surface area contributed by atoms with Gasteiger partial charge in [-0.3, -0.25) is 5.10 Å². The third-order valence-electron chi connectivity index (χ3n) is 2.82. The summed E-state index contributed by atoms with van der Waals surface area (Å²) in [4.78, 5) is 8.82. The number of H-pyrrole nitrogens is 1. The van der Waals surface area contributed by atoms with Gasteiger partial charge in [0.15, 0.2) is 11.7 Å². The third-order valence-corrected chi connectivity index (χ3v) is 2.82. The maximum absolute atomic E-state index is 5.26. The molecule has 0 unspecified atom stereocenters. The molecule has 22 heavy (non-hydrogen) atoms. The van der Waals surface area contributed by atoms with Gasteiger partial charge in [0.25, 0.3) is 0 Å². The second kappa shape index (κ2) is 8.83. The Morgan fingerprint density at radius 2 is 2.36 bits per heavy atom. The molecule has 2 heterocycles. The van der Waals surface area contributed by atoms with Crippen LogP contribution >= 0.6 is 0 Å². The molecule has 3 N–H and O–H groups in total. The number of guanidine groups is 1. The lowest BCUT2D eigenvalue weighted by Gasteiger charge is -2.10. The van der Waals surface area contributed by atoms with Crippen molar-refractivity contribution in [1.29, 1.82) is 0 Å². The van der Waals surface area contributed by atoms with E-state index in [1.807, 2.05) is 13.0 Å². The fourth-order valence-electron chi connectivity index (χ4n) is 1.80. The van der Waals surface area contributed by atoms with Crippen LogP contribution in [0.25, 0.3) is 11.6 Å². The van der Waals surface area contributed by atoms with Gasteiger partial charge in [0.2, 0.25) is 5.82 Å². The van der Waals surface area contributed by atoms with Gasteiger partial charge in [-0.05, 0) is 25.5 Å². The van der Waals surface area contributed by atoms with E-state index >= 15 is 0 Å². The summed E-state index contributed by atoms with van der Waals surface area (Å²) in [7, 11) is 1.69. The van der Waals surface area contributed by atoms with Crippen LogP contribution in [-0.2, 0) is 11.3 Å². The molecule has 2 aromatic heterocycles. The molecule has 0 atom stereocenters. The molecule has 2 aromatic rings. The number of hydrogen-bond donors (Lipinski definition) is 3. The summed E-state index contributed by atoms with van der Waals surface area (Å²) in [5, 5.41) is 13.4. The normalized spacial score (nSPS) is 11.6. The first-order chi connectivity index (χ1) is 10.8. The molecular formula is C14H22N6O2. The van der Waals surface area contributed by atoms with Crippen LogP contribution in [0.1, 0.15) is 19.2 Å². The molecule has 8 nitrogen and oxygen atoms in total. The molecule has 0 spiro atoms. The first-order valence-electron chi connectivity index (χ1n) is 7.29. The molecule has 0 amide bonds. The molecule has 2 rings (SSSR count). The highest BCUT2D eigenvalue weighted by atomic mass is 16.5. The Labute approximate surface area is 129 Å². The van der Waals surface area contributed by atoms with Crippen molar-refractivity contribution in [3.63, 3.8) is 0 Å². The molecule has 8 heteroatoms. The number of aromatic amines is 1. The first kappa shape index (κ1) is 16.0. The number of nitrogens with one attached hydrogen (secondary N) is 3. The summed E-state index contributed by atoms with van der Waals surface area (Å²) in [5.41, 5.74) is 0. The number of methoxy groups -OCH3 is 1. The van der Waals surface area contributed by atoms with E-state index in [1.165, 1.54) is 0 Å². The zero-order valence-electron chi connectivity index (χ0n) is 12.9. The fraction of sp³-hybridized carbons (Fsp3) is 0.500. The number of aromatic nitrogens is 3. The number of rotatable bonds is 8. The Kier molecular flexibility index (Phi) is 6.43. The molecule has 0 radical (unpaired) electrons. The summed E-state index contributed by atoms with van der Waals surface area (Å²) in [6.45, 7) is 4.75. The van der Waals surface area contributed by atoms with Crippen molar-refractivity contribution >= 4 is 5.96 Å². The average Bonchev–Trinajstić information content (AvgIpc) is 3.19. The van der Waals surface area contributed by atoms with Crippen molar-refractivity contribution in [3.05, 3.63) is 24.2 Å². The summed E-state index contributed by atoms with van der Waals surface area (Å²) < 4.78 is 10.3. The molecule has 0 saturated carbocycles. The SMILES string of the molecule is CCNC(=NCc1nc(-c2ccco2)n[nH]1)NCCCOC. The van der Waals surface area contributed by atoms with Gasteiger partial charge in [0.1, 0.15) is 12.4 Å². The number of hydrogen-bond acceptors (Lipinski definition) is 5. The van der Waals surface area contributed by atoms with Gasteiger partial charge in [0.05, 0.1) is 6.26 Å². The number of nitrogens with zero attached hydrogens (tertiary/aromatic N) is 3. The van der Waals surface area contributed by atoms with Crippen LogP contribution in [0.15, 0.2) is 27.8 Å². The third kappa shape index (κ3) is 4.88. The van der Waals surface area contributed by atoms with Crippen LogP contribution in [0, 0.1) is 0 Å². The molecule has 0 aliphatic heterocycles. The van der Waals surface area contributed by atoms with Gasteiger partial charge in [-0.2, -0.15) is 0 Å². The van der Waals surface area contributed by atoms with Crippen molar-refractivity contribution in [2.75, 3.05) is 26.8 Å². The molecule has 0 bridgehead atoms. The van der Waals surface area contributed by atoms with Crippen LogP contribution in [-0.4, -0.2) is 47.9 Å². The van der Waals surface area contributed by atoms with Crippen LogP contribution in [0.3, 0.4) is 0 Å². The minimum Gasteiger partial charge on any atom is -0.461 e. The summed E-state index contributed by atoms with van der Waals surface area (Å²) in [6.07, 6.45) is 2.52. The van der Waals surface area contributed by atoms with E-state index in [-0.39, 0.29) is 0 Å². The largest absolute Gasteiger partial charge is 0.461 e. The lowest BCUT2D eigenvalue weighted by Crippen LogP contribution is -2.38. The van der Waals surface area contributed by atoms with Crippen LogP contribution < -0.4 is 10.6 Å². The van der Waals surface area contributed by atoms with E-state index in [4.69, 9.17) is 9.15 Å². The van der Waals surface area contributed by atoms with E-state index in [9.17, 15) is 0 Å². The van der Waals surface area contributed by atoms with E-state index in [0.717, 1.165) is 32.1 Å². The molecular weight excluding hydrogens is 284 g/mol. The predicted molar refractivity (Wildman–Crippen MR) is 83.4 cm³/mol. The van der Waals surface area contributed by atoms with E-state index < -0.39 is 0 Å². The lowest BCUT2D eigenvalue weighted by atomic mass is 10.4. The second-order valence-electron chi connectivity index (χ2n) is 4.55. The van der Waals surface area contributed by atoms with Gasteiger partial charge in [-0.25, -0.2) is 9.98 Å². The molecule has 0 aliphatic rings. The monoisotopic (exact) mass is 306 g/mol. The topological polar surface area (TPSA) is 100 Å². The Hall–Kier alpha value is -2.35. The molecule has 0 aliphatic carbocycles. The fourth-order valence-corrected chi connectivity index (χ4v) is 1.80. The van der Waals surface area contributed by atoms with Gasteiger partial charge in [-0.1, -0.05) is 0 Å². The Balaban J connectivity index is 1.89. The van der Waals surface area contributed by atoms with Crippen molar-refractivity contribution < 1.29 is 9.15 Å². The highest BCUT2D eigenvalue weighted by Gasteiger charge is 2.07. The number of ether oxygens (including phenoxy) is 1.